The highest BCUT2D eigenvalue weighted by molar-refractivity contribution is 5.92. The van der Waals surface area contributed by atoms with Gasteiger partial charge in [-0.3, -0.25) is 4.79 Å². The number of rotatable bonds is 6. The molecule has 0 spiro atoms. The van der Waals surface area contributed by atoms with E-state index in [0.29, 0.717) is 17.1 Å². The van der Waals surface area contributed by atoms with Gasteiger partial charge in [0.15, 0.2) is 18.1 Å². The lowest BCUT2D eigenvalue weighted by Crippen LogP contribution is -2.49. The molecule has 26 heavy (non-hydrogen) atoms. The number of benzene rings is 1. The zero-order valence-corrected chi connectivity index (χ0v) is 16.3. The van der Waals surface area contributed by atoms with Crippen molar-refractivity contribution in [1.82, 2.24) is 4.90 Å². The van der Waals surface area contributed by atoms with Gasteiger partial charge in [0, 0.05) is 12.1 Å². The number of hydrogen-bond acceptors (Lipinski definition) is 5. The van der Waals surface area contributed by atoms with E-state index in [1.165, 1.54) is 7.11 Å². The van der Waals surface area contributed by atoms with Crippen LogP contribution in [0.1, 0.15) is 57.3 Å². The molecule has 0 aromatic heterocycles. The lowest BCUT2D eigenvalue weighted by atomic mass is 9.97. The van der Waals surface area contributed by atoms with Gasteiger partial charge in [0.2, 0.25) is 0 Å². The fraction of sp³-hybridized carbons (Fsp3) is 0.600. The normalized spacial score (nSPS) is 20.0. The van der Waals surface area contributed by atoms with Crippen molar-refractivity contribution in [3.63, 3.8) is 0 Å². The first-order valence-corrected chi connectivity index (χ1v) is 9.16. The van der Waals surface area contributed by atoms with E-state index < -0.39 is 5.97 Å². The van der Waals surface area contributed by atoms with Gasteiger partial charge >= 0.3 is 5.97 Å². The van der Waals surface area contributed by atoms with Gasteiger partial charge in [0.25, 0.3) is 5.91 Å². The standard InChI is InChI=1S/C20H29NO5/c1-13(2)26-17-10-9-16(11-18(17)24-5)20(23)25-12-19(22)21-14(3)7-6-8-15(21)4/h9-11,13-15H,6-8,12H2,1-5H3. The third-order valence-corrected chi connectivity index (χ3v) is 4.57. The molecule has 2 rings (SSSR count). The van der Waals surface area contributed by atoms with Crippen LogP contribution in [0, 0.1) is 0 Å². The zero-order valence-electron chi connectivity index (χ0n) is 16.3. The maximum Gasteiger partial charge on any atom is 0.338 e. The summed E-state index contributed by atoms with van der Waals surface area (Å²) < 4.78 is 16.1. The molecule has 2 unspecified atom stereocenters. The van der Waals surface area contributed by atoms with Crippen LogP contribution in [0.3, 0.4) is 0 Å². The summed E-state index contributed by atoms with van der Waals surface area (Å²) in [7, 11) is 1.51. The number of ether oxygens (including phenoxy) is 3. The monoisotopic (exact) mass is 363 g/mol. The maximum absolute atomic E-state index is 12.5. The van der Waals surface area contributed by atoms with E-state index in [1.54, 1.807) is 18.2 Å². The Morgan fingerprint density at radius 1 is 1.15 bits per heavy atom. The highest BCUT2D eigenvalue weighted by Gasteiger charge is 2.29. The van der Waals surface area contributed by atoms with Crippen molar-refractivity contribution in [3.8, 4) is 11.5 Å². The van der Waals surface area contributed by atoms with Gasteiger partial charge in [-0.2, -0.15) is 0 Å². The number of piperidine rings is 1. The van der Waals surface area contributed by atoms with Gasteiger partial charge in [-0.25, -0.2) is 4.79 Å². The highest BCUT2D eigenvalue weighted by Crippen LogP contribution is 2.29. The van der Waals surface area contributed by atoms with Gasteiger partial charge < -0.3 is 19.1 Å². The van der Waals surface area contributed by atoms with E-state index in [4.69, 9.17) is 14.2 Å². The summed E-state index contributed by atoms with van der Waals surface area (Å²) in [6.07, 6.45) is 3.08. The summed E-state index contributed by atoms with van der Waals surface area (Å²) in [5.74, 6) is 0.318. The number of carbonyl (C=O) groups is 2. The number of likely N-dealkylation sites (tertiary alicyclic amines) is 1. The van der Waals surface area contributed by atoms with Crippen molar-refractivity contribution in [2.24, 2.45) is 0 Å². The average molecular weight is 363 g/mol. The lowest BCUT2D eigenvalue weighted by molar-refractivity contribution is -0.140. The van der Waals surface area contributed by atoms with Gasteiger partial charge in [-0.1, -0.05) is 0 Å². The molecule has 1 heterocycles. The number of methoxy groups -OCH3 is 1. The Balaban J connectivity index is 2.00. The quantitative estimate of drug-likeness (QED) is 0.725. The molecule has 0 bridgehead atoms. The van der Waals surface area contributed by atoms with E-state index in [9.17, 15) is 9.59 Å². The Morgan fingerprint density at radius 3 is 2.38 bits per heavy atom. The Bertz CT molecular complexity index is 633. The topological polar surface area (TPSA) is 65.1 Å². The molecule has 1 aromatic carbocycles. The summed E-state index contributed by atoms with van der Waals surface area (Å²) >= 11 is 0. The maximum atomic E-state index is 12.5. The molecule has 144 valence electrons. The predicted molar refractivity (Wildman–Crippen MR) is 98.7 cm³/mol. The molecule has 1 aliphatic heterocycles. The Hall–Kier alpha value is -2.24. The van der Waals surface area contributed by atoms with Crippen LogP contribution in [0.15, 0.2) is 18.2 Å². The predicted octanol–water partition coefficient (Wildman–Crippen LogP) is 3.43. The molecular formula is C20H29NO5. The van der Waals surface area contributed by atoms with Crippen LogP contribution in [-0.2, 0) is 9.53 Å². The first kappa shape index (κ1) is 20.1. The molecule has 0 N–H and O–H groups in total. The van der Waals surface area contributed by atoms with Crippen LogP contribution >= 0.6 is 0 Å². The van der Waals surface area contributed by atoms with E-state index in [2.05, 4.69) is 0 Å². The second-order valence-electron chi connectivity index (χ2n) is 7.04. The van der Waals surface area contributed by atoms with Gasteiger partial charge in [-0.05, 0) is 65.2 Å². The van der Waals surface area contributed by atoms with E-state index >= 15 is 0 Å². The molecule has 1 aliphatic rings. The van der Waals surface area contributed by atoms with Crippen molar-refractivity contribution in [2.75, 3.05) is 13.7 Å². The second-order valence-corrected chi connectivity index (χ2v) is 7.04. The summed E-state index contributed by atoms with van der Waals surface area (Å²) in [5, 5.41) is 0. The molecule has 1 saturated heterocycles. The zero-order chi connectivity index (χ0) is 19.3. The minimum Gasteiger partial charge on any atom is -0.493 e. The van der Waals surface area contributed by atoms with Crippen LogP contribution in [-0.4, -0.2) is 48.7 Å². The molecule has 0 radical (unpaired) electrons. The molecule has 1 amide bonds. The molecule has 6 nitrogen and oxygen atoms in total. The summed E-state index contributed by atoms with van der Waals surface area (Å²) in [6, 6.07) is 5.21. The highest BCUT2D eigenvalue weighted by atomic mass is 16.5. The van der Waals surface area contributed by atoms with Gasteiger partial charge in [-0.15, -0.1) is 0 Å². The Kier molecular flexibility index (Phi) is 6.89. The average Bonchev–Trinajstić information content (AvgIpc) is 2.59. The summed E-state index contributed by atoms with van der Waals surface area (Å²) in [5.41, 5.74) is 0.325. The molecule has 1 aromatic rings. The van der Waals surface area contributed by atoms with Gasteiger partial charge in [0.05, 0.1) is 18.8 Å². The molecule has 2 atom stereocenters. The van der Waals surface area contributed by atoms with Crippen LogP contribution in [0.2, 0.25) is 0 Å². The molecule has 6 heteroatoms. The van der Waals surface area contributed by atoms with Gasteiger partial charge in [0.1, 0.15) is 0 Å². The number of esters is 1. The van der Waals surface area contributed by atoms with Crippen molar-refractivity contribution >= 4 is 11.9 Å². The third kappa shape index (κ3) is 4.90. The summed E-state index contributed by atoms with van der Waals surface area (Å²) in [4.78, 5) is 26.6. The van der Waals surface area contributed by atoms with E-state index in [-0.39, 0.29) is 30.7 Å². The van der Waals surface area contributed by atoms with Crippen molar-refractivity contribution < 1.29 is 23.8 Å². The number of hydrogen-bond donors (Lipinski definition) is 0. The van der Waals surface area contributed by atoms with Crippen LogP contribution in [0.25, 0.3) is 0 Å². The number of carbonyl (C=O) groups excluding carboxylic acids is 2. The molecule has 1 fully saturated rings. The minimum absolute atomic E-state index is 0.00662. The van der Waals surface area contributed by atoms with Crippen LogP contribution < -0.4 is 9.47 Å². The smallest absolute Gasteiger partial charge is 0.338 e. The molecule has 0 aliphatic carbocycles. The van der Waals surface area contributed by atoms with Crippen LogP contribution in [0.5, 0.6) is 11.5 Å². The fourth-order valence-corrected chi connectivity index (χ4v) is 3.34. The fourth-order valence-electron chi connectivity index (χ4n) is 3.34. The SMILES string of the molecule is COc1cc(C(=O)OCC(=O)N2C(C)CCCC2C)ccc1OC(C)C. The van der Waals surface area contributed by atoms with Crippen molar-refractivity contribution in [1.29, 1.82) is 0 Å². The minimum atomic E-state index is -0.551. The largest absolute Gasteiger partial charge is 0.493 e. The number of nitrogens with zero attached hydrogens (tertiary/aromatic N) is 1. The lowest BCUT2D eigenvalue weighted by Gasteiger charge is -2.38. The first-order chi connectivity index (χ1) is 12.3. The Morgan fingerprint density at radius 2 is 1.81 bits per heavy atom. The third-order valence-electron chi connectivity index (χ3n) is 4.57. The second kappa shape index (κ2) is 8.92. The molecular weight excluding hydrogens is 334 g/mol. The van der Waals surface area contributed by atoms with Crippen LogP contribution in [0.4, 0.5) is 0 Å². The first-order valence-electron chi connectivity index (χ1n) is 9.16. The van der Waals surface area contributed by atoms with E-state index in [1.807, 2.05) is 32.6 Å². The van der Waals surface area contributed by atoms with Crippen molar-refractivity contribution in [2.45, 2.75) is 65.1 Å². The molecule has 0 saturated carbocycles. The number of amides is 1. The summed E-state index contributed by atoms with van der Waals surface area (Å²) in [6.45, 7) is 7.65. The van der Waals surface area contributed by atoms with E-state index in [0.717, 1.165) is 19.3 Å². The van der Waals surface area contributed by atoms with Crippen molar-refractivity contribution in [3.05, 3.63) is 23.8 Å². The Labute approximate surface area is 155 Å².